The summed E-state index contributed by atoms with van der Waals surface area (Å²) in [4.78, 5) is 15.7. The maximum atomic E-state index is 11.1. The summed E-state index contributed by atoms with van der Waals surface area (Å²) in [5.41, 5.74) is 2.96. The van der Waals surface area contributed by atoms with Gasteiger partial charge in [0.25, 0.3) is 0 Å². The number of aromatic nitrogens is 1. The number of aliphatic carboxylic acids is 1. The maximum Gasteiger partial charge on any atom is 0.331 e. The van der Waals surface area contributed by atoms with E-state index in [0.29, 0.717) is 5.57 Å². The second-order valence-corrected chi connectivity index (χ2v) is 4.69. The maximum absolute atomic E-state index is 11.1. The minimum atomic E-state index is -0.907. The van der Waals surface area contributed by atoms with Crippen molar-refractivity contribution in [1.29, 1.82) is 0 Å². The topological polar surface area (TPSA) is 50.2 Å². The van der Waals surface area contributed by atoms with Crippen LogP contribution in [-0.2, 0) is 4.79 Å². The molecule has 0 aliphatic heterocycles. The van der Waals surface area contributed by atoms with Gasteiger partial charge in [-0.15, -0.1) is 0 Å². The third-order valence-corrected chi connectivity index (χ3v) is 3.33. The predicted molar refractivity (Wildman–Crippen MR) is 80.5 cm³/mol. The van der Waals surface area contributed by atoms with E-state index in [2.05, 4.69) is 4.98 Å². The lowest BCUT2D eigenvalue weighted by Gasteiger charge is -2.08. The second kappa shape index (κ2) is 4.78. The van der Waals surface area contributed by atoms with Crippen molar-refractivity contribution >= 4 is 33.9 Å². The molecule has 3 aromatic rings. The number of rotatable bonds is 2. The van der Waals surface area contributed by atoms with Crippen molar-refractivity contribution < 1.29 is 9.90 Å². The van der Waals surface area contributed by atoms with E-state index in [1.54, 1.807) is 13.0 Å². The summed E-state index contributed by atoms with van der Waals surface area (Å²) >= 11 is 0. The third kappa shape index (κ3) is 2.03. The van der Waals surface area contributed by atoms with Gasteiger partial charge in [-0.05, 0) is 30.7 Å². The van der Waals surface area contributed by atoms with Gasteiger partial charge in [-0.25, -0.2) is 9.78 Å². The first-order chi connectivity index (χ1) is 9.66. The number of hydrogen-bond donors (Lipinski definition) is 1. The summed E-state index contributed by atoms with van der Waals surface area (Å²) in [5.74, 6) is -0.907. The highest BCUT2D eigenvalue weighted by atomic mass is 16.4. The molecule has 0 aliphatic carbocycles. The minimum absolute atomic E-state index is 0.312. The Labute approximate surface area is 116 Å². The lowest BCUT2D eigenvalue weighted by Crippen LogP contribution is -1.96. The normalized spacial score (nSPS) is 11.9. The summed E-state index contributed by atoms with van der Waals surface area (Å²) < 4.78 is 0. The Hall–Kier alpha value is -2.68. The van der Waals surface area contributed by atoms with E-state index in [1.165, 1.54) is 0 Å². The molecule has 3 heteroatoms. The summed E-state index contributed by atoms with van der Waals surface area (Å²) in [6, 6.07) is 15.6. The largest absolute Gasteiger partial charge is 0.478 e. The van der Waals surface area contributed by atoms with Gasteiger partial charge >= 0.3 is 5.97 Å². The molecule has 0 amide bonds. The van der Waals surface area contributed by atoms with Crippen LogP contribution in [0, 0.1) is 0 Å². The molecule has 0 fully saturated rings. The highest BCUT2D eigenvalue weighted by Gasteiger charge is 2.08. The number of nitrogens with zero attached hydrogens (tertiary/aromatic N) is 1. The first-order valence-electron chi connectivity index (χ1n) is 6.36. The van der Waals surface area contributed by atoms with E-state index in [9.17, 15) is 4.79 Å². The molecule has 1 N–H and O–H groups in total. The number of para-hydroxylation sites is 2. The first-order valence-corrected chi connectivity index (χ1v) is 6.36. The number of hydrogen-bond acceptors (Lipinski definition) is 2. The molecule has 0 spiro atoms. The van der Waals surface area contributed by atoms with E-state index in [4.69, 9.17) is 5.11 Å². The van der Waals surface area contributed by atoms with E-state index in [1.807, 2.05) is 48.5 Å². The predicted octanol–water partition coefficient (Wildman–Crippen LogP) is 3.88. The summed E-state index contributed by atoms with van der Waals surface area (Å²) in [6.45, 7) is 1.60. The van der Waals surface area contributed by atoms with Gasteiger partial charge < -0.3 is 5.11 Å². The average molecular weight is 263 g/mol. The van der Waals surface area contributed by atoms with Gasteiger partial charge in [0.1, 0.15) is 0 Å². The van der Waals surface area contributed by atoms with Crippen LogP contribution in [0.25, 0.3) is 27.9 Å². The van der Waals surface area contributed by atoms with Crippen molar-refractivity contribution in [3.05, 3.63) is 59.7 Å². The molecule has 0 radical (unpaired) electrons. The molecule has 0 saturated heterocycles. The van der Waals surface area contributed by atoms with Crippen molar-refractivity contribution in [1.82, 2.24) is 4.98 Å². The lowest BCUT2D eigenvalue weighted by molar-refractivity contribution is -0.132. The lowest BCUT2D eigenvalue weighted by atomic mass is 10.0. The van der Waals surface area contributed by atoms with Crippen molar-refractivity contribution in [3.63, 3.8) is 0 Å². The average Bonchev–Trinajstić information content (AvgIpc) is 2.46. The zero-order valence-electron chi connectivity index (χ0n) is 11.0. The van der Waals surface area contributed by atoms with E-state index < -0.39 is 5.97 Å². The Balaban J connectivity index is 2.45. The highest BCUT2D eigenvalue weighted by Crippen LogP contribution is 2.27. The van der Waals surface area contributed by atoms with Crippen LogP contribution >= 0.6 is 0 Å². The first kappa shape index (κ1) is 12.4. The second-order valence-electron chi connectivity index (χ2n) is 4.69. The quantitative estimate of drug-likeness (QED) is 0.564. The van der Waals surface area contributed by atoms with Crippen LogP contribution in [0.3, 0.4) is 0 Å². The SMILES string of the molecule is CC(=Cc1c2ccccc2nc2ccccc12)C(=O)O. The summed E-state index contributed by atoms with van der Waals surface area (Å²) in [6.07, 6.45) is 1.72. The van der Waals surface area contributed by atoms with Crippen molar-refractivity contribution in [3.8, 4) is 0 Å². The Bertz CT molecular complexity index is 796. The highest BCUT2D eigenvalue weighted by molar-refractivity contribution is 6.05. The molecule has 3 rings (SSSR count). The molecule has 1 aromatic heterocycles. The van der Waals surface area contributed by atoms with Crippen LogP contribution in [-0.4, -0.2) is 16.1 Å². The smallest absolute Gasteiger partial charge is 0.331 e. The van der Waals surface area contributed by atoms with Crippen LogP contribution in [0.5, 0.6) is 0 Å². The van der Waals surface area contributed by atoms with Crippen LogP contribution in [0.15, 0.2) is 54.1 Å². The summed E-state index contributed by atoms with van der Waals surface area (Å²) in [7, 11) is 0. The standard InChI is InChI=1S/C17H13NO2/c1-11(17(19)20)10-14-12-6-2-4-8-15(12)18-16-9-5-3-7-13(14)16/h2-10H,1H3,(H,19,20). The van der Waals surface area contributed by atoms with E-state index >= 15 is 0 Å². The number of benzene rings is 2. The number of carboxylic acids is 1. The molecule has 20 heavy (non-hydrogen) atoms. The Morgan fingerprint density at radius 3 is 2.00 bits per heavy atom. The fourth-order valence-corrected chi connectivity index (χ4v) is 2.31. The molecular formula is C17H13NO2. The number of carbonyl (C=O) groups is 1. The third-order valence-electron chi connectivity index (χ3n) is 3.33. The van der Waals surface area contributed by atoms with Crippen LogP contribution in [0.1, 0.15) is 12.5 Å². The molecule has 98 valence electrons. The molecule has 0 unspecified atom stereocenters. The van der Waals surface area contributed by atoms with Gasteiger partial charge in [0.2, 0.25) is 0 Å². The molecule has 2 aromatic carbocycles. The van der Waals surface area contributed by atoms with Gasteiger partial charge in [-0.3, -0.25) is 0 Å². The fourth-order valence-electron chi connectivity index (χ4n) is 2.31. The molecule has 0 aliphatic rings. The number of fused-ring (bicyclic) bond motifs is 2. The molecule has 1 heterocycles. The molecule has 0 saturated carbocycles. The Morgan fingerprint density at radius 2 is 1.50 bits per heavy atom. The Kier molecular flexibility index (Phi) is 2.95. The van der Waals surface area contributed by atoms with E-state index in [-0.39, 0.29) is 0 Å². The zero-order valence-corrected chi connectivity index (χ0v) is 11.0. The summed E-state index contributed by atoms with van der Waals surface area (Å²) in [5, 5.41) is 11.0. The molecule has 0 bridgehead atoms. The Morgan fingerprint density at radius 1 is 1.00 bits per heavy atom. The van der Waals surface area contributed by atoms with Gasteiger partial charge in [-0.1, -0.05) is 36.4 Å². The van der Waals surface area contributed by atoms with Crippen molar-refractivity contribution in [2.75, 3.05) is 0 Å². The van der Waals surface area contributed by atoms with Crippen LogP contribution < -0.4 is 0 Å². The van der Waals surface area contributed by atoms with Crippen molar-refractivity contribution in [2.24, 2.45) is 0 Å². The minimum Gasteiger partial charge on any atom is -0.478 e. The van der Waals surface area contributed by atoms with Crippen LogP contribution in [0.4, 0.5) is 0 Å². The number of pyridine rings is 1. The van der Waals surface area contributed by atoms with Gasteiger partial charge in [0, 0.05) is 16.3 Å². The zero-order chi connectivity index (χ0) is 14.1. The monoisotopic (exact) mass is 263 g/mol. The van der Waals surface area contributed by atoms with Crippen LogP contribution in [0.2, 0.25) is 0 Å². The van der Waals surface area contributed by atoms with E-state index in [0.717, 1.165) is 27.4 Å². The molecular weight excluding hydrogens is 250 g/mol. The number of carboxylic acid groups (broad SMARTS) is 1. The fraction of sp³-hybridized carbons (Fsp3) is 0.0588. The molecule has 3 nitrogen and oxygen atoms in total. The van der Waals surface area contributed by atoms with Gasteiger partial charge in [0.05, 0.1) is 11.0 Å². The van der Waals surface area contributed by atoms with Crippen molar-refractivity contribution in [2.45, 2.75) is 6.92 Å². The van der Waals surface area contributed by atoms with Gasteiger partial charge in [-0.2, -0.15) is 0 Å². The molecule has 0 atom stereocenters. The van der Waals surface area contributed by atoms with Gasteiger partial charge in [0.15, 0.2) is 0 Å².